The Morgan fingerprint density at radius 3 is 2.33 bits per heavy atom. The molecule has 2 aliphatic rings. The van der Waals surface area contributed by atoms with Crippen molar-refractivity contribution in [3.8, 4) is 6.07 Å². The number of rotatable bonds is 2. The molecule has 0 unspecified atom stereocenters. The van der Waals surface area contributed by atoms with E-state index in [1.54, 1.807) is 20.8 Å². The van der Waals surface area contributed by atoms with Crippen molar-refractivity contribution < 1.29 is 36.7 Å². The van der Waals surface area contributed by atoms with E-state index in [-0.39, 0.29) is 34.2 Å². The average Bonchev–Trinajstić information content (AvgIpc) is 3.21. The number of carbonyl (C=O) groups is 3. The van der Waals surface area contributed by atoms with Crippen molar-refractivity contribution in [3.63, 3.8) is 0 Å². The van der Waals surface area contributed by atoms with E-state index >= 15 is 4.39 Å². The second-order valence-electron chi connectivity index (χ2n) is 10.5. The van der Waals surface area contributed by atoms with Crippen LogP contribution in [0, 0.1) is 17.1 Å². The maximum absolute atomic E-state index is 15.5. The summed E-state index contributed by atoms with van der Waals surface area (Å²) in [6.45, 7) is 7.45. The van der Waals surface area contributed by atoms with Crippen LogP contribution in [-0.2, 0) is 22.3 Å². The van der Waals surface area contributed by atoms with Crippen molar-refractivity contribution in [2.75, 3.05) is 9.80 Å². The molecule has 39 heavy (non-hydrogen) atoms. The monoisotopic (exact) mass is 562 g/mol. The Kier molecular flexibility index (Phi) is 6.46. The average molecular weight is 563 g/mol. The molecule has 0 N–H and O–H groups in total. The summed E-state index contributed by atoms with van der Waals surface area (Å²) in [7, 11) is 0. The lowest BCUT2D eigenvalue weighted by Crippen LogP contribution is -2.45. The number of imide groups is 1. The number of nitrogens with zero attached hydrogens (tertiary/aromatic N) is 4. The van der Waals surface area contributed by atoms with Gasteiger partial charge in [0, 0.05) is 5.56 Å². The molecular formula is C26H22F4N4O4S. The van der Waals surface area contributed by atoms with Gasteiger partial charge in [-0.05, 0) is 82.7 Å². The van der Waals surface area contributed by atoms with E-state index in [4.69, 9.17) is 22.2 Å². The lowest BCUT2D eigenvalue weighted by Gasteiger charge is -2.30. The van der Waals surface area contributed by atoms with Crippen molar-refractivity contribution in [3.05, 3.63) is 58.4 Å². The number of halogens is 4. The summed E-state index contributed by atoms with van der Waals surface area (Å²) in [6, 6.07) is 6.35. The Bertz CT molecular complexity index is 1490. The van der Waals surface area contributed by atoms with Gasteiger partial charge in [0.05, 0.1) is 35.1 Å². The van der Waals surface area contributed by atoms with E-state index in [9.17, 15) is 27.6 Å². The fourth-order valence-corrected chi connectivity index (χ4v) is 4.90. The number of hydrogen-bond acceptors (Lipinski definition) is 6. The molecule has 8 nitrogen and oxygen atoms in total. The largest absolute Gasteiger partial charge is 0.443 e. The smallest absolute Gasteiger partial charge is 0.417 e. The highest BCUT2D eigenvalue weighted by Crippen LogP contribution is 2.41. The van der Waals surface area contributed by atoms with E-state index in [1.807, 2.05) is 0 Å². The van der Waals surface area contributed by atoms with Crippen LogP contribution in [0.4, 0.5) is 33.7 Å². The Labute approximate surface area is 226 Å². The SMILES string of the molecule is CC(C)(C)OC(=O)N1Cc2cc(F)c(N3C(=S)N(c4ccc(C#N)c(C(F)(F)F)c4)C(=O)C3(C)C)cc2C1=O. The lowest BCUT2D eigenvalue weighted by molar-refractivity contribution is -0.137. The normalized spacial score (nSPS) is 17.0. The topological polar surface area (TPSA) is 93.9 Å². The van der Waals surface area contributed by atoms with Gasteiger partial charge in [0.2, 0.25) is 0 Å². The predicted octanol–water partition coefficient (Wildman–Crippen LogP) is 5.52. The summed E-state index contributed by atoms with van der Waals surface area (Å²) in [5, 5.41) is 8.75. The molecule has 0 aliphatic carbocycles. The minimum absolute atomic E-state index is 0.0144. The summed E-state index contributed by atoms with van der Waals surface area (Å²) in [5.74, 6) is -2.37. The summed E-state index contributed by atoms with van der Waals surface area (Å²) < 4.78 is 61.4. The molecule has 2 aromatic carbocycles. The Morgan fingerprint density at radius 2 is 1.77 bits per heavy atom. The minimum Gasteiger partial charge on any atom is -0.443 e. The van der Waals surface area contributed by atoms with Crippen LogP contribution in [0.25, 0.3) is 0 Å². The molecule has 1 fully saturated rings. The summed E-state index contributed by atoms with van der Waals surface area (Å²) >= 11 is 5.44. The summed E-state index contributed by atoms with van der Waals surface area (Å²) in [6.07, 6.45) is -5.79. The zero-order chi connectivity index (χ0) is 29.2. The van der Waals surface area contributed by atoms with Crippen LogP contribution < -0.4 is 9.80 Å². The number of nitriles is 1. The molecule has 3 amide bonds. The molecule has 0 aromatic heterocycles. The highest BCUT2D eigenvalue weighted by atomic mass is 32.1. The third-order valence-corrected chi connectivity index (χ3v) is 6.55. The van der Waals surface area contributed by atoms with Crippen molar-refractivity contribution in [1.29, 1.82) is 5.26 Å². The molecule has 13 heteroatoms. The van der Waals surface area contributed by atoms with Gasteiger partial charge in [0.1, 0.15) is 17.0 Å². The highest BCUT2D eigenvalue weighted by molar-refractivity contribution is 7.81. The number of carbonyl (C=O) groups excluding carboxylic acids is 3. The minimum atomic E-state index is -4.88. The molecule has 1 saturated heterocycles. The molecule has 0 radical (unpaired) electrons. The van der Waals surface area contributed by atoms with E-state index in [0.717, 1.165) is 39.0 Å². The van der Waals surface area contributed by atoms with Gasteiger partial charge in [0.15, 0.2) is 5.11 Å². The second-order valence-corrected chi connectivity index (χ2v) is 10.9. The molecule has 2 aromatic rings. The number of alkyl halides is 3. The number of benzene rings is 2. The van der Waals surface area contributed by atoms with E-state index in [1.165, 1.54) is 19.9 Å². The van der Waals surface area contributed by atoms with Crippen molar-refractivity contribution >= 4 is 46.6 Å². The van der Waals surface area contributed by atoms with Crippen LogP contribution in [0.15, 0.2) is 30.3 Å². The fraction of sp³-hybridized carbons (Fsp3) is 0.346. The van der Waals surface area contributed by atoms with Crippen molar-refractivity contribution in [2.45, 2.75) is 58.5 Å². The molecule has 204 valence electrons. The molecule has 0 atom stereocenters. The summed E-state index contributed by atoms with van der Waals surface area (Å²) in [4.78, 5) is 41.7. The second kappa shape index (κ2) is 9.01. The first kappa shape index (κ1) is 28.0. The maximum Gasteiger partial charge on any atom is 0.417 e. The molecule has 0 spiro atoms. The van der Waals surface area contributed by atoms with Crippen LogP contribution in [-0.4, -0.2) is 39.1 Å². The van der Waals surface area contributed by atoms with Gasteiger partial charge in [-0.15, -0.1) is 0 Å². The van der Waals surface area contributed by atoms with E-state index in [2.05, 4.69) is 0 Å². The molecule has 0 bridgehead atoms. The van der Waals surface area contributed by atoms with Crippen LogP contribution in [0.5, 0.6) is 0 Å². The van der Waals surface area contributed by atoms with Crippen LogP contribution >= 0.6 is 12.2 Å². The van der Waals surface area contributed by atoms with Crippen LogP contribution in [0.3, 0.4) is 0 Å². The highest BCUT2D eigenvalue weighted by Gasteiger charge is 2.52. The number of thiocarbonyl (C=S) groups is 1. The Balaban J connectivity index is 1.75. The Morgan fingerprint density at radius 1 is 1.13 bits per heavy atom. The first-order chi connectivity index (χ1) is 17.9. The fourth-order valence-electron chi connectivity index (χ4n) is 4.39. The lowest BCUT2D eigenvalue weighted by atomic mass is 10.0. The van der Waals surface area contributed by atoms with Gasteiger partial charge in [-0.3, -0.25) is 14.5 Å². The zero-order valence-corrected chi connectivity index (χ0v) is 22.3. The summed E-state index contributed by atoms with van der Waals surface area (Å²) in [5.41, 5.74) is -4.70. The molecule has 4 rings (SSSR count). The molecule has 0 saturated carbocycles. The standard InChI is InChI=1S/C26H22F4N4O4S/c1-24(2,3)38-23(37)32-12-14-8-18(27)19(10-16(14)20(32)35)34-22(39)33(21(36)25(34,4)5)15-7-6-13(11-31)17(9-15)26(28,29)30/h6-10H,12H2,1-5H3. The van der Waals surface area contributed by atoms with Crippen LogP contribution in [0.2, 0.25) is 0 Å². The zero-order valence-electron chi connectivity index (χ0n) is 21.4. The van der Waals surface area contributed by atoms with E-state index in [0.29, 0.717) is 6.07 Å². The van der Waals surface area contributed by atoms with Crippen molar-refractivity contribution in [1.82, 2.24) is 4.90 Å². The van der Waals surface area contributed by atoms with Gasteiger partial charge >= 0.3 is 12.3 Å². The third-order valence-electron chi connectivity index (χ3n) is 6.19. The quantitative estimate of drug-likeness (QED) is 0.351. The maximum atomic E-state index is 15.5. The number of anilines is 2. The number of amides is 3. The van der Waals surface area contributed by atoms with Gasteiger partial charge in [-0.1, -0.05) is 0 Å². The van der Waals surface area contributed by atoms with Gasteiger partial charge < -0.3 is 9.64 Å². The number of hydrogen-bond donors (Lipinski definition) is 0. The first-order valence-electron chi connectivity index (χ1n) is 11.6. The van der Waals surface area contributed by atoms with Gasteiger partial charge in [0.25, 0.3) is 11.8 Å². The predicted molar refractivity (Wildman–Crippen MR) is 135 cm³/mol. The van der Waals surface area contributed by atoms with E-state index < -0.39 is 52.2 Å². The molecule has 2 aliphatic heterocycles. The Hall–Kier alpha value is -4.05. The van der Waals surface area contributed by atoms with Crippen molar-refractivity contribution in [2.24, 2.45) is 0 Å². The van der Waals surface area contributed by atoms with Crippen LogP contribution in [0.1, 0.15) is 61.7 Å². The number of fused-ring (bicyclic) bond motifs is 1. The number of ether oxygens (including phenoxy) is 1. The first-order valence-corrected chi connectivity index (χ1v) is 12.0. The van der Waals surface area contributed by atoms with Gasteiger partial charge in [-0.2, -0.15) is 18.4 Å². The van der Waals surface area contributed by atoms with Gasteiger partial charge in [-0.25, -0.2) is 14.1 Å². The third kappa shape index (κ3) is 4.69. The molecule has 2 heterocycles. The molecular weight excluding hydrogens is 540 g/mol.